The first-order valence-electron chi connectivity index (χ1n) is 6.97. The fraction of sp³-hybridized carbons (Fsp3) is 0.500. The van der Waals surface area contributed by atoms with E-state index in [0.717, 1.165) is 0 Å². The normalized spacial score (nSPS) is 19.1. The third-order valence-electron chi connectivity index (χ3n) is 3.73. The van der Waals surface area contributed by atoms with Crippen molar-refractivity contribution in [2.45, 2.75) is 52.6 Å². The Labute approximate surface area is 131 Å². The summed E-state index contributed by atoms with van der Waals surface area (Å²) >= 11 is 2.36. The van der Waals surface area contributed by atoms with Gasteiger partial charge in [-0.15, -0.1) is 0 Å². The Hall–Kier alpha value is -0.710. The van der Waals surface area contributed by atoms with Crippen LogP contribution in [0.25, 0.3) is 0 Å². The molecular weight excluding hydrogens is 347 g/mol. The quantitative estimate of drug-likeness (QED) is 0.532. The van der Waals surface area contributed by atoms with E-state index in [1.54, 1.807) is 0 Å². The van der Waals surface area contributed by atoms with Gasteiger partial charge in [0.25, 0.3) is 0 Å². The third kappa shape index (κ3) is 2.76. The summed E-state index contributed by atoms with van der Waals surface area (Å²) in [5.41, 5.74) is 4.28. The lowest BCUT2D eigenvalue weighted by Crippen LogP contribution is -2.32. The molecule has 1 atom stereocenters. The molecule has 1 aliphatic rings. The maximum atomic E-state index is 2.40. The van der Waals surface area contributed by atoms with Crippen molar-refractivity contribution >= 4 is 28.6 Å². The van der Waals surface area contributed by atoms with Crippen LogP contribution in [0.2, 0.25) is 0 Å². The number of benzene rings is 1. The highest BCUT2D eigenvalue weighted by molar-refractivity contribution is 14.1. The van der Waals surface area contributed by atoms with Crippen molar-refractivity contribution in [2.24, 2.45) is 0 Å². The van der Waals surface area contributed by atoms with Gasteiger partial charge in [0.15, 0.2) is 0 Å². The van der Waals surface area contributed by atoms with E-state index in [9.17, 15) is 0 Å². The SMILES string of the molecule is CC(C)c1cccc(C(C)C)c1N1C=CN(I)[C@H]1C. The first-order chi connectivity index (χ1) is 8.93. The molecule has 104 valence electrons. The Kier molecular flexibility index (Phi) is 4.43. The zero-order valence-corrected chi connectivity index (χ0v) is 14.5. The minimum atomic E-state index is 0.373. The second-order valence-corrected chi connectivity index (χ2v) is 6.89. The third-order valence-corrected chi connectivity index (χ3v) is 4.86. The Morgan fingerprint density at radius 2 is 1.53 bits per heavy atom. The lowest BCUT2D eigenvalue weighted by molar-refractivity contribution is 0.543. The van der Waals surface area contributed by atoms with Crippen LogP contribution in [-0.2, 0) is 0 Å². The van der Waals surface area contributed by atoms with E-state index in [4.69, 9.17) is 0 Å². The van der Waals surface area contributed by atoms with E-state index in [1.807, 2.05) is 0 Å². The largest absolute Gasteiger partial charge is 0.325 e. The van der Waals surface area contributed by atoms with Gasteiger partial charge in [0.1, 0.15) is 6.17 Å². The molecule has 1 heterocycles. The molecule has 0 saturated carbocycles. The van der Waals surface area contributed by atoms with Crippen molar-refractivity contribution in [3.63, 3.8) is 0 Å². The summed E-state index contributed by atoms with van der Waals surface area (Å²) in [4.78, 5) is 2.40. The standard InChI is InChI=1S/C16H23IN2/c1-11(2)14-7-6-8-15(12(3)4)16(14)18-9-10-19(17)13(18)5/h6-13H,1-5H3/t13-/m0/s1. The smallest absolute Gasteiger partial charge is 0.112 e. The van der Waals surface area contributed by atoms with Crippen molar-refractivity contribution in [3.05, 3.63) is 41.7 Å². The molecule has 0 radical (unpaired) electrons. The fourth-order valence-electron chi connectivity index (χ4n) is 2.57. The molecule has 19 heavy (non-hydrogen) atoms. The van der Waals surface area contributed by atoms with Crippen molar-refractivity contribution < 1.29 is 0 Å². The minimum absolute atomic E-state index is 0.373. The summed E-state index contributed by atoms with van der Waals surface area (Å²) < 4.78 is 2.22. The van der Waals surface area contributed by atoms with E-state index in [1.165, 1.54) is 16.8 Å². The van der Waals surface area contributed by atoms with E-state index in [2.05, 4.69) is 96.1 Å². The molecule has 0 aromatic heterocycles. The summed E-state index contributed by atoms with van der Waals surface area (Å²) in [7, 11) is 0. The zero-order chi connectivity index (χ0) is 14.2. The summed E-state index contributed by atoms with van der Waals surface area (Å²) in [5.74, 6) is 1.08. The second-order valence-electron chi connectivity index (χ2n) is 5.78. The molecule has 1 aromatic rings. The van der Waals surface area contributed by atoms with Gasteiger partial charge in [-0.1, -0.05) is 45.9 Å². The molecule has 0 aliphatic carbocycles. The van der Waals surface area contributed by atoms with Gasteiger partial charge in [-0.25, -0.2) is 0 Å². The van der Waals surface area contributed by atoms with Crippen LogP contribution in [-0.4, -0.2) is 9.28 Å². The summed E-state index contributed by atoms with van der Waals surface area (Å²) in [6.07, 6.45) is 4.72. The molecular formula is C16H23IN2. The average Bonchev–Trinajstić information content (AvgIpc) is 2.68. The molecule has 1 aromatic carbocycles. The van der Waals surface area contributed by atoms with Crippen LogP contribution < -0.4 is 4.90 Å². The Morgan fingerprint density at radius 3 is 1.89 bits per heavy atom. The molecule has 2 nitrogen and oxygen atoms in total. The molecule has 0 saturated heterocycles. The average molecular weight is 370 g/mol. The van der Waals surface area contributed by atoms with E-state index in [0.29, 0.717) is 18.0 Å². The Bertz CT molecular complexity index is 453. The molecule has 0 amide bonds. The summed E-state index contributed by atoms with van der Waals surface area (Å²) in [6.45, 7) is 11.3. The number of nitrogens with zero attached hydrogens (tertiary/aromatic N) is 2. The van der Waals surface area contributed by atoms with Crippen LogP contribution in [0.15, 0.2) is 30.6 Å². The number of para-hydroxylation sites is 1. The molecule has 2 rings (SSSR count). The summed E-state index contributed by atoms with van der Waals surface area (Å²) in [6, 6.07) is 6.73. The predicted molar refractivity (Wildman–Crippen MR) is 91.6 cm³/mol. The predicted octanol–water partition coefficient (Wildman–Crippen LogP) is 5.22. The highest BCUT2D eigenvalue weighted by Crippen LogP contribution is 2.38. The van der Waals surface area contributed by atoms with E-state index >= 15 is 0 Å². The van der Waals surface area contributed by atoms with E-state index < -0.39 is 0 Å². The lowest BCUT2D eigenvalue weighted by atomic mass is 9.92. The molecule has 0 unspecified atom stereocenters. The number of hydrogen-bond acceptors (Lipinski definition) is 2. The van der Waals surface area contributed by atoms with Crippen molar-refractivity contribution in [1.82, 2.24) is 3.11 Å². The lowest BCUT2D eigenvalue weighted by Gasteiger charge is -2.31. The Balaban J connectivity index is 2.56. The Morgan fingerprint density at radius 1 is 1.00 bits per heavy atom. The van der Waals surface area contributed by atoms with Crippen LogP contribution >= 0.6 is 22.9 Å². The number of halogens is 1. The van der Waals surface area contributed by atoms with Gasteiger partial charge in [-0.3, -0.25) is 3.11 Å². The van der Waals surface area contributed by atoms with Crippen LogP contribution in [0.5, 0.6) is 0 Å². The molecule has 0 bridgehead atoms. The fourth-order valence-corrected chi connectivity index (χ4v) is 2.99. The molecule has 3 heteroatoms. The van der Waals surface area contributed by atoms with Crippen LogP contribution in [0.4, 0.5) is 5.69 Å². The first-order valence-corrected chi connectivity index (χ1v) is 7.93. The van der Waals surface area contributed by atoms with Crippen LogP contribution in [0.1, 0.15) is 57.6 Å². The van der Waals surface area contributed by atoms with E-state index in [-0.39, 0.29) is 0 Å². The van der Waals surface area contributed by atoms with Crippen molar-refractivity contribution in [3.8, 4) is 0 Å². The first kappa shape index (κ1) is 14.7. The van der Waals surface area contributed by atoms with Crippen molar-refractivity contribution in [1.29, 1.82) is 0 Å². The zero-order valence-electron chi connectivity index (χ0n) is 12.4. The van der Waals surface area contributed by atoms with Gasteiger partial charge in [-0.05, 0) is 29.9 Å². The van der Waals surface area contributed by atoms with Gasteiger partial charge in [0.2, 0.25) is 0 Å². The maximum absolute atomic E-state index is 2.40. The molecule has 0 fully saturated rings. The van der Waals surface area contributed by atoms with Gasteiger partial charge >= 0.3 is 0 Å². The minimum Gasteiger partial charge on any atom is -0.325 e. The monoisotopic (exact) mass is 370 g/mol. The number of anilines is 1. The summed E-state index contributed by atoms with van der Waals surface area (Å²) in [5, 5.41) is 0. The van der Waals surface area contributed by atoms with Gasteiger partial charge in [0, 0.05) is 18.1 Å². The molecule has 1 aliphatic heterocycles. The second kappa shape index (κ2) is 5.73. The highest BCUT2D eigenvalue weighted by atomic mass is 127. The molecule has 0 N–H and O–H groups in total. The molecule has 0 spiro atoms. The topological polar surface area (TPSA) is 6.48 Å². The van der Waals surface area contributed by atoms with Crippen molar-refractivity contribution in [2.75, 3.05) is 4.90 Å². The van der Waals surface area contributed by atoms with Gasteiger partial charge < -0.3 is 4.90 Å². The van der Waals surface area contributed by atoms with Crippen LogP contribution in [0.3, 0.4) is 0 Å². The van der Waals surface area contributed by atoms with Crippen LogP contribution in [0, 0.1) is 0 Å². The highest BCUT2D eigenvalue weighted by Gasteiger charge is 2.26. The number of rotatable bonds is 3. The van der Waals surface area contributed by atoms with Gasteiger partial charge in [0.05, 0.1) is 22.9 Å². The number of hydrogen-bond donors (Lipinski definition) is 0. The maximum Gasteiger partial charge on any atom is 0.112 e. The van der Waals surface area contributed by atoms with Gasteiger partial charge in [-0.2, -0.15) is 0 Å².